The minimum absolute atomic E-state index is 0.489. The maximum absolute atomic E-state index is 5.60. The van der Waals surface area contributed by atoms with Crippen molar-refractivity contribution < 1.29 is 0 Å². The zero-order valence-electron chi connectivity index (χ0n) is 8.69. The zero-order valence-corrected chi connectivity index (χ0v) is 8.69. The quantitative estimate of drug-likeness (QED) is 0.769. The molecule has 3 unspecified atom stereocenters. The number of nitrogen functional groups attached to an aromatic ring is 1. The van der Waals surface area contributed by atoms with Crippen molar-refractivity contribution in [2.75, 3.05) is 11.1 Å². The Morgan fingerprint density at radius 2 is 2.20 bits per heavy atom. The fourth-order valence-electron chi connectivity index (χ4n) is 3.06. The maximum atomic E-state index is 5.60. The van der Waals surface area contributed by atoms with Crippen molar-refractivity contribution >= 4 is 11.6 Å². The van der Waals surface area contributed by atoms with E-state index in [-0.39, 0.29) is 0 Å². The monoisotopic (exact) mass is 204 g/mol. The molecule has 1 heterocycles. The largest absolute Gasteiger partial charge is 0.382 e. The van der Waals surface area contributed by atoms with Crippen LogP contribution < -0.4 is 11.1 Å². The molecule has 2 bridgehead atoms. The van der Waals surface area contributed by atoms with Crippen LogP contribution in [0.3, 0.4) is 0 Å². The molecule has 80 valence electrons. The molecule has 2 aliphatic carbocycles. The van der Waals surface area contributed by atoms with E-state index < -0.39 is 0 Å². The molecule has 0 aromatic carbocycles. The van der Waals surface area contributed by atoms with E-state index in [1.54, 1.807) is 12.4 Å². The molecule has 4 nitrogen and oxygen atoms in total. The lowest BCUT2D eigenvalue weighted by molar-refractivity contribution is 0.439. The molecule has 3 N–H and O–H groups in total. The summed E-state index contributed by atoms with van der Waals surface area (Å²) in [6, 6.07) is 0.597. The summed E-state index contributed by atoms with van der Waals surface area (Å²) in [5, 5.41) is 3.46. The van der Waals surface area contributed by atoms with Crippen molar-refractivity contribution in [1.82, 2.24) is 9.97 Å². The molecule has 3 rings (SSSR count). The first-order chi connectivity index (χ1) is 7.31. The molecule has 2 fully saturated rings. The van der Waals surface area contributed by atoms with Gasteiger partial charge in [-0.25, -0.2) is 4.98 Å². The van der Waals surface area contributed by atoms with Gasteiger partial charge in [0.15, 0.2) is 0 Å². The summed E-state index contributed by atoms with van der Waals surface area (Å²) in [6.45, 7) is 0. The number of hydrogen-bond acceptors (Lipinski definition) is 4. The molecule has 0 radical (unpaired) electrons. The van der Waals surface area contributed by atoms with E-state index in [0.717, 1.165) is 17.7 Å². The van der Waals surface area contributed by atoms with Gasteiger partial charge >= 0.3 is 0 Å². The predicted octanol–water partition coefficient (Wildman–Crippen LogP) is 1.66. The minimum atomic E-state index is 0.489. The summed E-state index contributed by atoms with van der Waals surface area (Å²) in [5.74, 6) is 3.11. The van der Waals surface area contributed by atoms with E-state index in [1.807, 2.05) is 0 Å². The van der Waals surface area contributed by atoms with E-state index in [1.165, 1.54) is 25.7 Å². The summed E-state index contributed by atoms with van der Waals surface area (Å²) >= 11 is 0. The first-order valence-electron chi connectivity index (χ1n) is 5.65. The molecule has 4 heteroatoms. The van der Waals surface area contributed by atoms with Crippen molar-refractivity contribution in [3.63, 3.8) is 0 Å². The van der Waals surface area contributed by atoms with E-state index >= 15 is 0 Å². The van der Waals surface area contributed by atoms with E-state index in [9.17, 15) is 0 Å². The highest BCUT2D eigenvalue weighted by molar-refractivity contribution is 5.39. The van der Waals surface area contributed by atoms with Gasteiger partial charge in [0.1, 0.15) is 11.6 Å². The first-order valence-corrected chi connectivity index (χ1v) is 5.65. The Balaban J connectivity index is 1.71. The molecule has 2 saturated carbocycles. The SMILES string of the molecule is Nc1cncc(NC2CC3CCC2C3)n1. The molecule has 15 heavy (non-hydrogen) atoms. The van der Waals surface area contributed by atoms with Crippen LogP contribution in [0.25, 0.3) is 0 Å². The summed E-state index contributed by atoms with van der Waals surface area (Å²) in [6.07, 6.45) is 8.81. The van der Waals surface area contributed by atoms with Gasteiger partial charge in [-0.15, -0.1) is 0 Å². The molecule has 0 amide bonds. The average Bonchev–Trinajstić information content (AvgIpc) is 2.79. The van der Waals surface area contributed by atoms with Crippen molar-refractivity contribution in [1.29, 1.82) is 0 Å². The van der Waals surface area contributed by atoms with Gasteiger partial charge in [0.25, 0.3) is 0 Å². The fraction of sp³-hybridized carbons (Fsp3) is 0.636. The van der Waals surface area contributed by atoms with Gasteiger partial charge < -0.3 is 11.1 Å². The summed E-state index contributed by atoms with van der Waals surface area (Å²) < 4.78 is 0. The topological polar surface area (TPSA) is 63.8 Å². The van der Waals surface area contributed by atoms with Crippen LogP contribution in [0.15, 0.2) is 12.4 Å². The second kappa shape index (κ2) is 3.36. The molecule has 1 aromatic heterocycles. The Morgan fingerprint density at radius 3 is 2.87 bits per heavy atom. The van der Waals surface area contributed by atoms with Crippen LogP contribution in [0.4, 0.5) is 11.6 Å². The van der Waals surface area contributed by atoms with Gasteiger partial charge in [-0.1, -0.05) is 6.42 Å². The van der Waals surface area contributed by atoms with Gasteiger partial charge in [-0.3, -0.25) is 4.98 Å². The summed E-state index contributed by atoms with van der Waals surface area (Å²) in [7, 11) is 0. The molecular formula is C11H16N4. The second-order valence-corrected chi connectivity index (χ2v) is 4.75. The van der Waals surface area contributed by atoms with Crippen molar-refractivity contribution in [2.24, 2.45) is 11.8 Å². The third kappa shape index (κ3) is 1.64. The Kier molecular flexibility index (Phi) is 2.01. The highest BCUT2D eigenvalue weighted by atomic mass is 15.1. The molecule has 3 atom stereocenters. The summed E-state index contributed by atoms with van der Waals surface area (Å²) in [4.78, 5) is 8.26. The number of nitrogens with one attached hydrogen (secondary N) is 1. The highest BCUT2D eigenvalue weighted by Crippen LogP contribution is 2.45. The smallest absolute Gasteiger partial charge is 0.147 e. The zero-order chi connectivity index (χ0) is 10.3. The van der Waals surface area contributed by atoms with Gasteiger partial charge in [-0.05, 0) is 31.1 Å². The van der Waals surface area contributed by atoms with Crippen LogP contribution in [0.5, 0.6) is 0 Å². The molecular weight excluding hydrogens is 188 g/mol. The fourth-order valence-corrected chi connectivity index (χ4v) is 3.06. The number of nitrogens with zero attached hydrogens (tertiary/aromatic N) is 2. The van der Waals surface area contributed by atoms with Crippen LogP contribution in [-0.4, -0.2) is 16.0 Å². The second-order valence-electron chi connectivity index (χ2n) is 4.75. The lowest BCUT2D eigenvalue weighted by Crippen LogP contribution is -2.26. The lowest BCUT2D eigenvalue weighted by Gasteiger charge is -2.23. The van der Waals surface area contributed by atoms with Crippen molar-refractivity contribution in [2.45, 2.75) is 31.7 Å². The number of anilines is 2. The Labute approximate surface area is 89.3 Å². The summed E-state index contributed by atoms with van der Waals surface area (Å²) in [5.41, 5.74) is 5.60. The van der Waals surface area contributed by atoms with Gasteiger partial charge in [0, 0.05) is 6.04 Å². The van der Waals surface area contributed by atoms with Crippen LogP contribution in [0, 0.1) is 11.8 Å². The van der Waals surface area contributed by atoms with Crippen LogP contribution in [0.1, 0.15) is 25.7 Å². The predicted molar refractivity (Wildman–Crippen MR) is 59.3 cm³/mol. The molecule has 0 aliphatic heterocycles. The Hall–Kier alpha value is -1.32. The van der Waals surface area contributed by atoms with E-state index in [2.05, 4.69) is 15.3 Å². The number of hydrogen-bond donors (Lipinski definition) is 2. The van der Waals surface area contributed by atoms with Gasteiger partial charge in [0.2, 0.25) is 0 Å². The third-order valence-corrected chi connectivity index (χ3v) is 3.72. The normalized spacial score (nSPS) is 33.2. The number of rotatable bonds is 2. The van der Waals surface area contributed by atoms with E-state index in [4.69, 9.17) is 5.73 Å². The lowest BCUT2D eigenvalue weighted by atomic mass is 9.95. The average molecular weight is 204 g/mol. The third-order valence-electron chi connectivity index (χ3n) is 3.72. The minimum Gasteiger partial charge on any atom is -0.382 e. The van der Waals surface area contributed by atoms with Crippen molar-refractivity contribution in [3.8, 4) is 0 Å². The highest BCUT2D eigenvalue weighted by Gasteiger charge is 2.39. The molecule has 1 aromatic rings. The van der Waals surface area contributed by atoms with Crippen molar-refractivity contribution in [3.05, 3.63) is 12.4 Å². The Bertz CT molecular complexity index is 365. The van der Waals surface area contributed by atoms with Crippen LogP contribution in [-0.2, 0) is 0 Å². The Morgan fingerprint density at radius 1 is 1.27 bits per heavy atom. The number of fused-ring (bicyclic) bond motifs is 2. The molecule has 0 saturated heterocycles. The van der Waals surface area contributed by atoms with Gasteiger partial charge in [0.05, 0.1) is 12.4 Å². The molecule has 0 spiro atoms. The number of aromatic nitrogens is 2. The maximum Gasteiger partial charge on any atom is 0.147 e. The van der Waals surface area contributed by atoms with E-state index in [0.29, 0.717) is 11.9 Å². The molecule has 2 aliphatic rings. The standard InChI is InChI=1S/C11H16N4/c12-10-5-13-6-11(15-10)14-9-4-7-1-2-8(9)3-7/h5-9H,1-4H2,(H3,12,14,15). The first kappa shape index (κ1) is 8.95. The van der Waals surface area contributed by atoms with Crippen LogP contribution in [0.2, 0.25) is 0 Å². The number of nitrogens with two attached hydrogens (primary N) is 1. The van der Waals surface area contributed by atoms with Crippen LogP contribution >= 0.6 is 0 Å². The van der Waals surface area contributed by atoms with Gasteiger partial charge in [-0.2, -0.15) is 0 Å².